The van der Waals surface area contributed by atoms with Crippen LogP contribution < -0.4 is 14.9 Å². The summed E-state index contributed by atoms with van der Waals surface area (Å²) in [6, 6.07) is 52.8. The number of benzene rings is 5. The number of para-hydroxylation sites is 2. The molecule has 0 saturated carbocycles. The number of fused-ring (bicyclic) bond motifs is 3. The smallest absolute Gasteiger partial charge is 0.213 e. The van der Waals surface area contributed by atoms with Crippen LogP contribution in [0.25, 0.3) is 61.1 Å². The summed E-state index contributed by atoms with van der Waals surface area (Å²) in [5, 5.41) is 2.60. The second-order valence-corrected chi connectivity index (χ2v) is 16.5. The molecule has 0 bridgehead atoms. The summed E-state index contributed by atoms with van der Waals surface area (Å²) in [5.41, 5.74) is 19.9. The molecule has 0 fully saturated rings. The molecule has 3 heterocycles. The minimum Gasteiger partial charge on any atom is -0.405 e. The highest BCUT2D eigenvalue weighted by Gasteiger charge is 2.23. The van der Waals surface area contributed by atoms with E-state index in [1.54, 1.807) is 0 Å². The Balaban J connectivity index is 0.000000555. The number of aryl methyl sites for hydroxylation is 4. The second-order valence-electron chi connectivity index (χ2n) is 16.5. The Kier molecular flexibility index (Phi) is 32.1. The van der Waals surface area contributed by atoms with Crippen LogP contribution in [0.1, 0.15) is 144 Å². The van der Waals surface area contributed by atoms with Crippen LogP contribution in [0.2, 0.25) is 0 Å². The number of nitrogens with zero attached hydrogens (tertiary/aromatic N) is 3. The molecule has 0 aliphatic heterocycles. The standard InChI is InChI=1S/C30H31N2.C20H20N.C6H12.C3H8.C2H5N.3C2H6/c1-4-12-23(5-2)31-20-11-10-15-28(31)27-21-24(19-18-22(27)3)32-29-16-8-6-13-25(29)26-14-7-9-17-30(26)32;1-15-9-7-8-12-18(15)20-13-16(2)19(14-21(20)3)17-10-5-4-6-11-17;1-3-5-6-4-2;1-3-2;1-2-3;3*1-2/h6-11,13-21,23H,4-5,12H2,1-3H3;4-14H,1-3H3;5-6H,3-4H2,1-2H3;3H2,1-2H3;2H,1,3H2;3*1-2H3/q2*+1;;;;;;. The van der Waals surface area contributed by atoms with E-state index < -0.39 is 0 Å². The van der Waals surface area contributed by atoms with Crippen molar-refractivity contribution in [2.24, 2.45) is 12.8 Å². The maximum Gasteiger partial charge on any atom is 0.213 e. The number of pyridine rings is 2. The molecule has 1 atom stereocenters. The highest BCUT2D eigenvalue weighted by Crippen LogP contribution is 2.34. The van der Waals surface area contributed by atoms with Crippen LogP contribution in [-0.4, -0.2) is 4.57 Å². The van der Waals surface area contributed by atoms with Crippen LogP contribution >= 0.6 is 0 Å². The summed E-state index contributed by atoms with van der Waals surface area (Å²) in [7, 11) is 2.12. The molecule has 4 nitrogen and oxygen atoms in total. The Labute approximate surface area is 433 Å². The molecule has 4 heteroatoms. The summed E-state index contributed by atoms with van der Waals surface area (Å²) in [5.74, 6) is 0. The summed E-state index contributed by atoms with van der Waals surface area (Å²) in [6.07, 6.45) is 17.2. The molecule has 1 unspecified atom stereocenters. The van der Waals surface area contributed by atoms with Gasteiger partial charge in [0.25, 0.3) is 0 Å². The molecule has 0 aliphatic carbocycles. The fourth-order valence-electron chi connectivity index (χ4n) is 8.23. The van der Waals surface area contributed by atoms with Crippen molar-refractivity contribution in [3.05, 3.63) is 200 Å². The lowest BCUT2D eigenvalue weighted by molar-refractivity contribution is -0.713. The zero-order chi connectivity index (χ0) is 53.1. The van der Waals surface area contributed by atoms with Crippen molar-refractivity contribution < 1.29 is 9.13 Å². The Hall–Kier alpha value is -6.52. The molecular formula is C67H94N4+2. The fraction of sp³-hybridized carbons (Fsp3) is 0.343. The van der Waals surface area contributed by atoms with E-state index in [2.05, 4.69) is 266 Å². The molecule has 0 amide bonds. The number of nitrogens with two attached hydrogens (primary N) is 1. The van der Waals surface area contributed by atoms with Gasteiger partial charge in [0.15, 0.2) is 18.4 Å². The van der Waals surface area contributed by atoms with Gasteiger partial charge in [-0.15, -0.1) is 0 Å². The molecule has 0 aliphatic rings. The van der Waals surface area contributed by atoms with Gasteiger partial charge in [0, 0.05) is 58.6 Å². The van der Waals surface area contributed by atoms with Gasteiger partial charge in [-0.1, -0.05) is 199 Å². The predicted octanol–water partition coefficient (Wildman–Crippen LogP) is 19.2. The largest absolute Gasteiger partial charge is 0.405 e. The normalized spacial score (nSPS) is 10.3. The topological polar surface area (TPSA) is 38.7 Å². The Morgan fingerprint density at radius 3 is 1.56 bits per heavy atom. The minimum absolute atomic E-state index is 0.521. The van der Waals surface area contributed by atoms with Gasteiger partial charge in [-0.25, -0.2) is 4.57 Å². The predicted molar refractivity (Wildman–Crippen MR) is 317 cm³/mol. The average molecular weight is 956 g/mol. The molecule has 71 heavy (non-hydrogen) atoms. The summed E-state index contributed by atoms with van der Waals surface area (Å²) < 4.78 is 7.11. The van der Waals surface area contributed by atoms with Crippen molar-refractivity contribution in [1.82, 2.24) is 4.57 Å². The first-order valence-electron chi connectivity index (χ1n) is 26.8. The van der Waals surface area contributed by atoms with E-state index >= 15 is 0 Å². The van der Waals surface area contributed by atoms with Gasteiger partial charge >= 0.3 is 0 Å². The van der Waals surface area contributed by atoms with E-state index in [1.807, 2.05) is 41.5 Å². The molecule has 3 aromatic heterocycles. The average Bonchev–Trinajstić information content (AvgIpc) is 3.75. The SMILES string of the molecule is C=CN.CC.CC.CC.CCC.CCC=CCC.CCCC(CC)[n+]1ccccc1-c1cc(-n2c3ccccc3c3ccccc32)ccc1C.Cc1cc(-c2ccccc2C)[n+](C)cc1-c1ccccc1. The van der Waals surface area contributed by atoms with Gasteiger partial charge in [-0.05, 0) is 105 Å². The van der Waals surface area contributed by atoms with Crippen molar-refractivity contribution >= 4 is 21.8 Å². The first kappa shape index (κ1) is 62.5. The first-order valence-corrected chi connectivity index (χ1v) is 26.8. The lowest BCUT2D eigenvalue weighted by Gasteiger charge is -2.15. The summed E-state index contributed by atoms with van der Waals surface area (Å²) >= 11 is 0. The Bertz CT molecular complexity index is 2640. The van der Waals surface area contributed by atoms with Crippen LogP contribution in [0.3, 0.4) is 0 Å². The lowest BCUT2D eigenvalue weighted by Crippen LogP contribution is -2.41. The van der Waals surface area contributed by atoms with Crippen molar-refractivity contribution in [2.75, 3.05) is 0 Å². The molecule has 8 aromatic rings. The maximum atomic E-state index is 4.61. The van der Waals surface area contributed by atoms with Gasteiger partial charge < -0.3 is 10.3 Å². The van der Waals surface area contributed by atoms with Gasteiger partial charge in [-0.3, -0.25) is 0 Å². The van der Waals surface area contributed by atoms with Crippen molar-refractivity contribution in [3.8, 4) is 39.3 Å². The van der Waals surface area contributed by atoms with Crippen LogP contribution in [0.15, 0.2) is 183 Å². The van der Waals surface area contributed by atoms with Crippen molar-refractivity contribution in [1.29, 1.82) is 0 Å². The zero-order valence-electron chi connectivity index (χ0n) is 47.2. The molecule has 2 N–H and O–H groups in total. The van der Waals surface area contributed by atoms with Crippen molar-refractivity contribution in [2.45, 2.75) is 148 Å². The molecule has 380 valence electrons. The van der Waals surface area contributed by atoms with Gasteiger partial charge in [0.1, 0.15) is 7.05 Å². The number of hydrogen-bond donors (Lipinski definition) is 1. The molecule has 0 saturated heterocycles. The third-order valence-corrected chi connectivity index (χ3v) is 11.3. The van der Waals surface area contributed by atoms with E-state index in [1.165, 1.54) is 116 Å². The Morgan fingerprint density at radius 2 is 1.04 bits per heavy atom. The number of rotatable bonds is 10. The maximum absolute atomic E-state index is 4.61. The molecule has 8 rings (SSSR count). The van der Waals surface area contributed by atoms with Crippen LogP contribution in [0.5, 0.6) is 0 Å². The fourth-order valence-corrected chi connectivity index (χ4v) is 8.23. The number of allylic oxidation sites excluding steroid dienone is 2. The van der Waals surface area contributed by atoms with Crippen molar-refractivity contribution in [3.63, 3.8) is 0 Å². The number of hydrogen-bond acceptors (Lipinski definition) is 1. The van der Waals surface area contributed by atoms with E-state index in [0.717, 1.165) is 6.42 Å². The van der Waals surface area contributed by atoms with Gasteiger partial charge in [-0.2, -0.15) is 4.57 Å². The highest BCUT2D eigenvalue weighted by atomic mass is 15.0. The van der Waals surface area contributed by atoms with Crippen LogP contribution in [-0.2, 0) is 7.05 Å². The molecule has 0 radical (unpaired) electrons. The number of aromatic nitrogens is 3. The van der Waals surface area contributed by atoms with Gasteiger partial charge in [0.05, 0.1) is 16.6 Å². The first-order chi connectivity index (χ1) is 34.6. The van der Waals surface area contributed by atoms with Gasteiger partial charge in [0.2, 0.25) is 11.4 Å². The van der Waals surface area contributed by atoms with Crippen LogP contribution in [0.4, 0.5) is 0 Å². The quantitative estimate of drug-likeness (QED) is 0.108. The third kappa shape index (κ3) is 18.3. The van der Waals surface area contributed by atoms with E-state index in [9.17, 15) is 0 Å². The zero-order valence-corrected chi connectivity index (χ0v) is 47.2. The van der Waals surface area contributed by atoms with Crippen LogP contribution in [0, 0.1) is 20.8 Å². The minimum atomic E-state index is 0.521. The molecular weight excluding hydrogens is 861 g/mol. The van der Waals surface area contributed by atoms with E-state index in [-0.39, 0.29) is 0 Å². The molecule has 5 aromatic carbocycles. The highest BCUT2D eigenvalue weighted by molar-refractivity contribution is 6.09. The second kappa shape index (κ2) is 36.4. The summed E-state index contributed by atoms with van der Waals surface area (Å²) in [6.45, 7) is 34.8. The lowest BCUT2D eigenvalue weighted by atomic mass is 9.98. The third-order valence-electron chi connectivity index (χ3n) is 11.3. The monoisotopic (exact) mass is 955 g/mol. The summed E-state index contributed by atoms with van der Waals surface area (Å²) in [4.78, 5) is 0. The molecule has 0 spiro atoms. The van der Waals surface area contributed by atoms with E-state index in [0.29, 0.717) is 6.04 Å². The Morgan fingerprint density at radius 1 is 0.549 bits per heavy atom. The van der Waals surface area contributed by atoms with E-state index in [4.69, 9.17) is 0 Å².